The van der Waals surface area contributed by atoms with Crippen LogP contribution in [0.5, 0.6) is 0 Å². The van der Waals surface area contributed by atoms with Crippen LogP contribution in [0.3, 0.4) is 0 Å². The van der Waals surface area contributed by atoms with Crippen LogP contribution in [0, 0.1) is 0 Å². The van der Waals surface area contributed by atoms with Crippen LogP contribution in [-0.4, -0.2) is 28.3 Å². The zero-order chi connectivity index (χ0) is 25.4. The summed E-state index contributed by atoms with van der Waals surface area (Å²) in [6, 6.07) is 24.1. The van der Waals surface area contributed by atoms with Gasteiger partial charge in [-0.3, -0.25) is 9.59 Å². The van der Waals surface area contributed by atoms with Gasteiger partial charge in [-0.25, -0.2) is 0 Å². The monoisotopic (exact) mass is 510 g/mol. The highest BCUT2D eigenvalue weighted by molar-refractivity contribution is 6.36. The molecule has 1 N–H and O–H groups in total. The molecule has 0 radical (unpaired) electrons. The van der Waals surface area contributed by atoms with Crippen LogP contribution >= 0.6 is 23.2 Å². The largest absolute Gasteiger partial charge is 0.350 e. The van der Waals surface area contributed by atoms with Crippen molar-refractivity contribution in [2.24, 2.45) is 0 Å². The Labute approximate surface area is 218 Å². The summed E-state index contributed by atoms with van der Waals surface area (Å²) in [5.74, 6) is -0.340. The number of aryl methyl sites for hydroxylation is 1. The van der Waals surface area contributed by atoms with Crippen LogP contribution in [0.1, 0.15) is 43.9 Å². The van der Waals surface area contributed by atoms with Crippen LogP contribution in [0.25, 0.3) is 0 Å². The van der Waals surface area contributed by atoms with E-state index in [1.807, 2.05) is 81.4 Å². The van der Waals surface area contributed by atoms with Gasteiger partial charge in [0, 0.05) is 40.5 Å². The third-order valence-corrected chi connectivity index (χ3v) is 6.34. The molecule has 6 heteroatoms. The van der Waals surface area contributed by atoms with E-state index in [4.69, 9.17) is 23.2 Å². The van der Waals surface area contributed by atoms with Gasteiger partial charge in [0.1, 0.15) is 6.04 Å². The van der Waals surface area contributed by atoms with Crippen LogP contribution < -0.4 is 5.32 Å². The molecule has 0 fully saturated rings. The first-order valence-corrected chi connectivity index (χ1v) is 12.5. The van der Waals surface area contributed by atoms with Crippen molar-refractivity contribution in [3.63, 3.8) is 0 Å². The minimum Gasteiger partial charge on any atom is -0.350 e. The van der Waals surface area contributed by atoms with E-state index >= 15 is 0 Å². The van der Waals surface area contributed by atoms with Gasteiger partial charge in [-0.05, 0) is 50.5 Å². The van der Waals surface area contributed by atoms with Gasteiger partial charge >= 0.3 is 0 Å². The average molecular weight is 511 g/mol. The Morgan fingerprint density at radius 2 is 1.37 bits per heavy atom. The predicted molar refractivity (Wildman–Crippen MR) is 144 cm³/mol. The Bertz CT molecular complexity index is 1110. The maximum absolute atomic E-state index is 13.7. The molecule has 3 aromatic rings. The molecule has 0 aliphatic carbocycles. The van der Waals surface area contributed by atoms with Crippen molar-refractivity contribution in [3.8, 4) is 0 Å². The van der Waals surface area contributed by atoms with Crippen molar-refractivity contribution in [1.82, 2.24) is 10.2 Å². The van der Waals surface area contributed by atoms with Crippen molar-refractivity contribution in [3.05, 3.63) is 106 Å². The van der Waals surface area contributed by atoms with Crippen LogP contribution in [-0.2, 0) is 29.0 Å². The van der Waals surface area contributed by atoms with E-state index in [2.05, 4.69) is 5.32 Å². The number of halogens is 2. The standard InChI is InChI=1S/C29H32Cl2N2O2/c1-29(2,3)32-28(35)26(19-22-13-8-5-9-14-22)33(20-23-24(30)15-10-16-25(23)31)27(34)18-17-21-11-6-4-7-12-21/h4-16,26H,17-20H2,1-3H3,(H,32,35)/t26-/m1/s1. The second kappa shape index (κ2) is 12.2. The number of amides is 2. The molecule has 0 spiro atoms. The molecule has 0 unspecified atom stereocenters. The number of carbonyl (C=O) groups excluding carboxylic acids is 2. The Hall–Kier alpha value is -2.82. The number of carbonyl (C=O) groups is 2. The lowest BCUT2D eigenvalue weighted by Gasteiger charge is -2.34. The van der Waals surface area contributed by atoms with Crippen molar-refractivity contribution < 1.29 is 9.59 Å². The number of hydrogen-bond acceptors (Lipinski definition) is 2. The summed E-state index contributed by atoms with van der Waals surface area (Å²) in [5, 5.41) is 4.00. The van der Waals surface area contributed by atoms with Gasteiger partial charge in [0.25, 0.3) is 0 Å². The lowest BCUT2D eigenvalue weighted by atomic mass is 10.00. The maximum Gasteiger partial charge on any atom is 0.243 e. The molecule has 2 amide bonds. The van der Waals surface area contributed by atoms with Crippen LogP contribution in [0.4, 0.5) is 0 Å². The second-order valence-corrected chi connectivity index (χ2v) is 10.5. The van der Waals surface area contributed by atoms with Gasteiger partial charge in [-0.1, -0.05) is 89.9 Å². The molecule has 0 saturated carbocycles. The molecule has 3 rings (SSSR count). The quantitative estimate of drug-likeness (QED) is 0.358. The van der Waals surface area contributed by atoms with Crippen molar-refractivity contribution in [1.29, 1.82) is 0 Å². The van der Waals surface area contributed by atoms with E-state index in [-0.39, 0.29) is 24.8 Å². The molecule has 3 aromatic carbocycles. The normalized spacial score (nSPS) is 12.1. The summed E-state index contributed by atoms with van der Waals surface area (Å²) >= 11 is 13.0. The van der Waals surface area contributed by atoms with E-state index in [1.165, 1.54) is 0 Å². The van der Waals surface area contributed by atoms with Crippen LogP contribution in [0.2, 0.25) is 10.0 Å². The van der Waals surface area contributed by atoms with Gasteiger partial charge in [-0.2, -0.15) is 0 Å². The zero-order valence-electron chi connectivity index (χ0n) is 20.4. The third kappa shape index (κ3) is 8.12. The fourth-order valence-corrected chi connectivity index (χ4v) is 4.42. The first-order valence-electron chi connectivity index (χ1n) is 11.8. The van der Waals surface area contributed by atoms with E-state index in [0.29, 0.717) is 28.5 Å². The Balaban J connectivity index is 1.97. The van der Waals surface area contributed by atoms with Crippen LogP contribution in [0.15, 0.2) is 78.9 Å². The molecular formula is C29H32Cl2N2O2. The maximum atomic E-state index is 13.7. The Kier molecular flexibility index (Phi) is 9.36. The van der Waals surface area contributed by atoms with Crippen molar-refractivity contribution in [2.45, 2.75) is 58.2 Å². The van der Waals surface area contributed by atoms with E-state index < -0.39 is 11.6 Å². The summed E-state index contributed by atoms with van der Waals surface area (Å²) in [4.78, 5) is 28.9. The average Bonchev–Trinajstić information content (AvgIpc) is 2.81. The highest BCUT2D eigenvalue weighted by atomic mass is 35.5. The van der Waals surface area contributed by atoms with E-state index in [9.17, 15) is 9.59 Å². The summed E-state index contributed by atoms with van der Waals surface area (Å²) in [5.41, 5.74) is 2.21. The number of benzene rings is 3. The number of nitrogens with zero attached hydrogens (tertiary/aromatic N) is 1. The highest BCUT2D eigenvalue weighted by Gasteiger charge is 2.32. The molecule has 4 nitrogen and oxygen atoms in total. The molecule has 0 bridgehead atoms. The molecule has 0 aliphatic rings. The summed E-state index contributed by atoms with van der Waals surface area (Å²) in [6.45, 7) is 5.92. The Morgan fingerprint density at radius 3 is 1.91 bits per heavy atom. The molecule has 0 aliphatic heterocycles. The second-order valence-electron chi connectivity index (χ2n) is 9.65. The number of rotatable bonds is 9. The summed E-state index contributed by atoms with van der Waals surface area (Å²) in [6.07, 6.45) is 1.22. The van der Waals surface area contributed by atoms with Gasteiger partial charge in [0.15, 0.2) is 0 Å². The number of hydrogen-bond donors (Lipinski definition) is 1. The molecule has 0 heterocycles. The fraction of sp³-hybridized carbons (Fsp3) is 0.310. The minimum atomic E-state index is -0.729. The van der Waals surface area contributed by atoms with Gasteiger partial charge in [0.05, 0.1) is 0 Å². The molecular weight excluding hydrogens is 479 g/mol. The van der Waals surface area contributed by atoms with E-state index in [1.54, 1.807) is 23.1 Å². The molecule has 35 heavy (non-hydrogen) atoms. The fourth-order valence-electron chi connectivity index (χ4n) is 3.90. The molecule has 0 saturated heterocycles. The first-order chi connectivity index (χ1) is 16.6. The molecule has 184 valence electrons. The topological polar surface area (TPSA) is 49.4 Å². The summed E-state index contributed by atoms with van der Waals surface area (Å²) in [7, 11) is 0. The lowest BCUT2D eigenvalue weighted by molar-refractivity contribution is -0.141. The van der Waals surface area contributed by atoms with Gasteiger partial charge in [0.2, 0.25) is 11.8 Å². The van der Waals surface area contributed by atoms with E-state index in [0.717, 1.165) is 11.1 Å². The zero-order valence-corrected chi connectivity index (χ0v) is 21.9. The predicted octanol–water partition coefficient (Wildman–Crippen LogP) is 6.48. The minimum absolute atomic E-state index is 0.130. The highest BCUT2D eigenvalue weighted by Crippen LogP contribution is 2.28. The first kappa shape index (κ1) is 26.8. The Morgan fingerprint density at radius 1 is 0.829 bits per heavy atom. The SMILES string of the molecule is CC(C)(C)NC(=O)[C@@H](Cc1ccccc1)N(Cc1c(Cl)cccc1Cl)C(=O)CCc1ccccc1. The van der Waals surface area contributed by atoms with Crippen molar-refractivity contribution in [2.75, 3.05) is 0 Å². The molecule has 1 atom stereocenters. The number of nitrogens with one attached hydrogen (secondary N) is 1. The lowest BCUT2D eigenvalue weighted by Crippen LogP contribution is -2.54. The molecule has 0 aromatic heterocycles. The van der Waals surface area contributed by atoms with Crippen molar-refractivity contribution >= 4 is 35.0 Å². The summed E-state index contributed by atoms with van der Waals surface area (Å²) < 4.78 is 0. The smallest absolute Gasteiger partial charge is 0.243 e. The third-order valence-electron chi connectivity index (χ3n) is 5.63. The van der Waals surface area contributed by atoms with Gasteiger partial charge in [-0.15, -0.1) is 0 Å². The van der Waals surface area contributed by atoms with Gasteiger partial charge < -0.3 is 10.2 Å².